The standard InChI is InChI=1S/C13H12Cl2F3NO3/c14-8-1-2-9(15)10(5-8)22-7-12(13(16,17)18)3-4-19(6-12)11(20)21/h1-2,5H,3-4,6-7H2,(H,20,21). The summed E-state index contributed by atoms with van der Waals surface area (Å²) in [4.78, 5) is 11.6. The van der Waals surface area contributed by atoms with Crippen LogP contribution in [-0.2, 0) is 0 Å². The van der Waals surface area contributed by atoms with E-state index in [1.54, 1.807) is 0 Å². The maximum atomic E-state index is 13.4. The molecule has 0 spiro atoms. The molecule has 1 unspecified atom stereocenters. The predicted octanol–water partition coefficient (Wildman–Crippen LogP) is 4.30. The molecule has 1 N–H and O–H groups in total. The smallest absolute Gasteiger partial charge is 0.407 e. The predicted molar refractivity (Wildman–Crippen MR) is 74.7 cm³/mol. The first-order valence-electron chi connectivity index (χ1n) is 6.27. The Morgan fingerprint density at radius 3 is 2.64 bits per heavy atom. The molecule has 0 aromatic heterocycles. The van der Waals surface area contributed by atoms with Crippen molar-refractivity contribution in [1.29, 1.82) is 0 Å². The number of likely N-dealkylation sites (tertiary alicyclic amines) is 1. The van der Waals surface area contributed by atoms with Gasteiger partial charge in [-0.1, -0.05) is 23.2 Å². The van der Waals surface area contributed by atoms with Crippen molar-refractivity contribution < 1.29 is 27.8 Å². The lowest BCUT2D eigenvalue weighted by Gasteiger charge is -2.31. The van der Waals surface area contributed by atoms with E-state index in [2.05, 4.69) is 0 Å². The highest BCUT2D eigenvalue weighted by Crippen LogP contribution is 2.46. The SMILES string of the molecule is O=C(O)N1CCC(COc2cc(Cl)ccc2Cl)(C(F)(F)F)C1. The highest BCUT2D eigenvalue weighted by atomic mass is 35.5. The van der Waals surface area contributed by atoms with Crippen molar-refractivity contribution in [2.75, 3.05) is 19.7 Å². The summed E-state index contributed by atoms with van der Waals surface area (Å²) in [6.07, 6.45) is -6.34. The van der Waals surface area contributed by atoms with Crippen molar-refractivity contribution in [3.05, 3.63) is 28.2 Å². The largest absolute Gasteiger partial charge is 0.491 e. The molecule has 1 heterocycles. The number of rotatable bonds is 3. The van der Waals surface area contributed by atoms with E-state index in [0.717, 1.165) is 4.90 Å². The zero-order chi connectivity index (χ0) is 16.5. The van der Waals surface area contributed by atoms with E-state index in [-0.39, 0.29) is 28.8 Å². The van der Waals surface area contributed by atoms with Crippen LogP contribution in [-0.4, -0.2) is 42.0 Å². The first-order valence-corrected chi connectivity index (χ1v) is 7.03. The van der Waals surface area contributed by atoms with Crippen LogP contribution in [0.2, 0.25) is 10.0 Å². The van der Waals surface area contributed by atoms with Crippen LogP contribution in [0.4, 0.5) is 18.0 Å². The van der Waals surface area contributed by atoms with Crippen molar-refractivity contribution in [2.24, 2.45) is 5.41 Å². The average Bonchev–Trinajstić information content (AvgIpc) is 2.85. The Hall–Kier alpha value is -1.34. The van der Waals surface area contributed by atoms with Gasteiger partial charge in [0.1, 0.15) is 17.8 Å². The third kappa shape index (κ3) is 3.35. The van der Waals surface area contributed by atoms with Crippen molar-refractivity contribution in [3.8, 4) is 5.75 Å². The van der Waals surface area contributed by atoms with Gasteiger partial charge < -0.3 is 14.7 Å². The fraction of sp³-hybridized carbons (Fsp3) is 0.462. The zero-order valence-corrected chi connectivity index (χ0v) is 12.7. The van der Waals surface area contributed by atoms with Crippen molar-refractivity contribution in [1.82, 2.24) is 4.90 Å². The van der Waals surface area contributed by atoms with Crippen LogP contribution in [0.25, 0.3) is 0 Å². The Morgan fingerprint density at radius 1 is 1.41 bits per heavy atom. The molecule has 122 valence electrons. The molecule has 0 saturated carbocycles. The zero-order valence-electron chi connectivity index (χ0n) is 11.2. The minimum absolute atomic E-state index is 0.0339. The molecule has 1 atom stereocenters. The molecular weight excluding hydrogens is 346 g/mol. The molecule has 0 bridgehead atoms. The summed E-state index contributed by atoms with van der Waals surface area (Å²) in [7, 11) is 0. The third-order valence-corrected chi connectivity index (χ3v) is 4.17. The van der Waals surface area contributed by atoms with Gasteiger partial charge in [0.2, 0.25) is 0 Å². The topological polar surface area (TPSA) is 49.8 Å². The van der Waals surface area contributed by atoms with Gasteiger partial charge in [-0.2, -0.15) is 13.2 Å². The van der Waals surface area contributed by atoms with Crippen LogP contribution in [0, 0.1) is 5.41 Å². The summed E-state index contributed by atoms with van der Waals surface area (Å²) in [6.45, 7) is -1.58. The van der Waals surface area contributed by atoms with Crippen LogP contribution in [0.15, 0.2) is 18.2 Å². The average molecular weight is 358 g/mol. The van der Waals surface area contributed by atoms with E-state index in [0.29, 0.717) is 0 Å². The number of benzene rings is 1. The molecule has 2 rings (SSSR count). The normalized spacial score (nSPS) is 22.0. The molecule has 1 aromatic rings. The van der Waals surface area contributed by atoms with Gasteiger partial charge in [-0.25, -0.2) is 4.79 Å². The molecule has 1 aliphatic heterocycles. The summed E-state index contributed by atoms with van der Waals surface area (Å²) in [6, 6.07) is 4.22. The second-order valence-electron chi connectivity index (χ2n) is 5.10. The van der Waals surface area contributed by atoms with Gasteiger partial charge in [0.25, 0.3) is 0 Å². The summed E-state index contributed by atoms with van der Waals surface area (Å²) in [5.74, 6) is 0.0339. The third-order valence-electron chi connectivity index (χ3n) is 3.62. The Bertz CT molecular complexity index is 582. The number of amides is 1. The van der Waals surface area contributed by atoms with E-state index in [1.807, 2.05) is 0 Å². The summed E-state index contributed by atoms with van der Waals surface area (Å²) >= 11 is 11.6. The number of hydrogen-bond acceptors (Lipinski definition) is 2. The molecule has 0 radical (unpaired) electrons. The molecule has 4 nitrogen and oxygen atoms in total. The minimum atomic E-state index is -4.59. The Morgan fingerprint density at radius 2 is 2.09 bits per heavy atom. The van der Waals surface area contributed by atoms with Crippen LogP contribution in [0.3, 0.4) is 0 Å². The lowest BCUT2D eigenvalue weighted by atomic mass is 9.87. The van der Waals surface area contributed by atoms with Gasteiger partial charge >= 0.3 is 12.3 Å². The highest BCUT2D eigenvalue weighted by Gasteiger charge is 2.59. The van der Waals surface area contributed by atoms with Crippen LogP contribution >= 0.6 is 23.2 Å². The number of carboxylic acid groups (broad SMARTS) is 1. The van der Waals surface area contributed by atoms with E-state index >= 15 is 0 Å². The second-order valence-corrected chi connectivity index (χ2v) is 5.94. The first-order chi connectivity index (χ1) is 10.1. The van der Waals surface area contributed by atoms with Crippen LogP contribution in [0.5, 0.6) is 5.75 Å². The minimum Gasteiger partial charge on any atom is -0.491 e. The lowest BCUT2D eigenvalue weighted by molar-refractivity contribution is -0.227. The van der Waals surface area contributed by atoms with Crippen molar-refractivity contribution in [3.63, 3.8) is 0 Å². The van der Waals surface area contributed by atoms with Gasteiger partial charge in [0.05, 0.1) is 5.02 Å². The molecule has 1 aromatic carbocycles. The molecule has 9 heteroatoms. The lowest BCUT2D eigenvalue weighted by Crippen LogP contribution is -2.46. The molecule has 1 fully saturated rings. The fourth-order valence-corrected chi connectivity index (χ4v) is 2.60. The maximum Gasteiger partial charge on any atom is 0.407 e. The number of hydrogen-bond donors (Lipinski definition) is 1. The molecule has 22 heavy (non-hydrogen) atoms. The summed E-state index contributed by atoms with van der Waals surface area (Å²) < 4.78 is 45.3. The van der Waals surface area contributed by atoms with E-state index in [9.17, 15) is 18.0 Å². The van der Waals surface area contributed by atoms with E-state index in [4.69, 9.17) is 33.0 Å². The van der Waals surface area contributed by atoms with Gasteiger partial charge in [0.15, 0.2) is 0 Å². The number of ether oxygens (including phenoxy) is 1. The van der Waals surface area contributed by atoms with Crippen LogP contribution < -0.4 is 4.74 Å². The molecule has 1 saturated heterocycles. The van der Waals surface area contributed by atoms with Crippen LogP contribution in [0.1, 0.15) is 6.42 Å². The number of halogens is 5. The molecular formula is C13H12Cl2F3NO3. The maximum absolute atomic E-state index is 13.4. The van der Waals surface area contributed by atoms with E-state index < -0.39 is 30.8 Å². The van der Waals surface area contributed by atoms with Gasteiger partial charge in [0, 0.05) is 24.2 Å². The second kappa shape index (κ2) is 6.04. The summed E-state index contributed by atoms with van der Waals surface area (Å²) in [5.41, 5.74) is -2.25. The first kappa shape index (κ1) is 17.0. The highest BCUT2D eigenvalue weighted by molar-refractivity contribution is 6.34. The molecule has 1 amide bonds. The van der Waals surface area contributed by atoms with E-state index in [1.165, 1.54) is 18.2 Å². The van der Waals surface area contributed by atoms with Gasteiger partial charge in [-0.15, -0.1) is 0 Å². The molecule has 1 aliphatic rings. The summed E-state index contributed by atoms with van der Waals surface area (Å²) in [5, 5.41) is 9.27. The Labute approximate surface area is 134 Å². The fourth-order valence-electron chi connectivity index (χ4n) is 2.27. The molecule has 0 aliphatic carbocycles. The number of carbonyl (C=O) groups is 1. The van der Waals surface area contributed by atoms with Gasteiger partial charge in [-0.05, 0) is 18.6 Å². The number of alkyl halides is 3. The van der Waals surface area contributed by atoms with Crippen molar-refractivity contribution in [2.45, 2.75) is 12.6 Å². The number of nitrogens with zero attached hydrogens (tertiary/aromatic N) is 1. The van der Waals surface area contributed by atoms with Crippen molar-refractivity contribution >= 4 is 29.3 Å². The Kier molecular flexibility index (Phi) is 4.67. The monoisotopic (exact) mass is 357 g/mol. The quantitative estimate of drug-likeness (QED) is 0.876. The Balaban J connectivity index is 2.19. The van der Waals surface area contributed by atoms with Gasteiger partial charge in [-0.3, -0.25) is 0 Å².